The van der Waals surface area contributed by atoms with E-state index in [1.807, 2.05) is 13.8 Å². The van der Waals surface area contributed by atoms with Crippen LogP contribution in [0.1, 0.15) is 20.3 Å². The number of hydrogen-bond acceptors (Lipinski definition) is 5. The van der Waals surface area contributed by atoms with Gasteiger partial charge in [0.05, 0.1) is 6.23 Å². The van der Waals surface area contributed by atoms with Crippen molar-refractivity contribution in [3.05, 3.63) is 0 Å². The van der Waals surface area contributed by atoms with Crippen molar-refractivity contribution in [2.24, 2.45) is 0 Å². The Balaban J connectivity index is 4.18. The predicted molar refractivity (Wildman–Crippen MR) is 61.9 cm³/mol. The highest BCUT2D eigenvalue weighted by Gasteiger charge is 2.36. The summed E-state index contributed by atoms with van der Waals surface area (Å²) in [6, 6.07) is 0.782. The van der Waals surface area contributed by atoms with Crippen LogP contribution in [-0.2, 0) is 18.3 Å². The summed E-state index contributed by atoms with van der Waals surface area (Å²) in [6.07, 6.45) is 2.92. The van der Waals surface area contributed by atoms with Gasteiger partial charge in [-0.05, 0) is 26.3 Å². The SMILES string of the molecule is CCO[Si](CCCOC#N)(COC)OCC. The topological polar surface area (TPSA) is 60.7 Å². The van der Waals surface area contributed by atoms with Crippen molar-refractivity contribution >= 4 is 8.56 Å². The van der Waals surface area contributed by atoms with E-state index in [-0.39, 0.29) is 0 Å². The minimum Gasteiger partial charge on any atom is -0.428 e. The van der Waals surface area contributed by atoms with E-state index in [1.165, 1.54) is 0 Å². The molecule has 0 heterocycles. The summed E-state index contributed by atoms with van der Waals surface area (Å²) in [5.41, 5.74) is 0. The molecular formula is C10H21NO4Si. The zero-order chi connectivity index (χ0) is 12.3. The molecule has 0 aromatic rings. The van der Waals surface area contributed by atoms with Gasteiger partial charge in [0.15, 0.2) is 0 Å². The van der Waals surface area contributed by atoms with E-state index in [4.69, 9.17) is 18.9 Å². The van der Waals surface area contributed by atoms with Gasteiger partial charge in [0.2, 0.25) is 0 Å². The normalized spacial score (nSPS) is 11.1. The molecule has 0 aromatic carbocycles. The molecule has 0 radical (unpaired) electrons. The van der Waals surface area contributed by atoms with Crippen LogP contribution in [-0.4, -0.2) is 41.7 Å². The quantitative estimate of drug-likeness (QED) is 0.333. The van der Waals surface area contributed by atoms with Crippen LogP contribution in [0.5, 0.6) is 0 Å². The van der Waals surface area contributed by atoms with Gasteiger partial charge >= 0.3 is 8.56 Å². The molecule has 94 valence electrons. The summed E-state index contributed by atoms with van der Waals surface area (Å²) in [5.74, 6) is 0. The van der Waals surface area contributed by atoms with Crippen molar-refractivity contribution in [2.45, 2.75) is 26.3 Å². The van der Waals surface area contributed by atoms with Crippen LogP contribution in [0.25, 0.3) is 0 Å². The van der Waals surface area contributed by atoms with E-state index >= 15 is 0 Å². The Kier molecular flexibility index (Phi) is 9.23. The highest BCUT2D eigenvalue weighted by molar-refractivity contribution is 6.67. The van der Waals surface area contributed by atoms with Crippen LogP contribution in [0, 0.1) is 11.5 Å². The Morgan fingerprint density at radius 1 is 1.19 bits per heavy atom. The van der Waals surface area contributed by atoms with E-state index in [1.54, 1.807) is 13.4 Å². The molecule has 0 atom stereocenters. The highest BCUT2D eigenvalue weighted by atomic mass is 28.4. The second kappa shape index (κ2) is 9.60. The summed E-state index contributed by atoms with van der Waals surface area (Å²) in [4.78, 5) is 0. The number of nitriles is 1. The van der Waals surface area contributed by atoms with Gasteiger partial charge in [-0.15, -0.1) is 0 Å². The average molecular weight is 247 g/mol. The lowest BCUT2D eigenvalue weighted by molar-refractivity contribution is 0.129. The molecule has 0 amide bonds. The van der Waals surface area contributed by atoms with Gasteiger partial charge < -0.3 is 18.3 Å². The van der Waals surface area contributed by atoms with Crippen molar-refractivity contribution in [1.29, 1.82) is 5.26 Å². The van der Waals surface area contributed by atoms with Gasteiger partial charge in [-0.3, -0.25) is 0 Å². The van der Waals surface area contributed by atoms with Crippen LogP contribution in [0.2, 0.25) is 6.04 Å². The Morgan fingerprint density at radius 3 is 2.25 bits per heavy atom. The molecule has 16 heavy (non-hydrogen) atoms. The second-order valence-electron chi connectivity index (χ2n) is 3.25. The van der Waals surface area contributed by atoms with Gasteiger partial charge in [0, 0.05) is 20.3 Å². The minimum atomic E-state index is -2.26. The molecule has 0 aliphatic carbocycles. The van der Waals surface area contributed by atoms with E-state index in [2.05, 4.69) is 4.74 Å². The Bertz CT molecular complexity index is 190. The molecule has 0 bridgehead atoms. The fraction of sp³-hybridized carbons (Fsp3) is 0.900. The molecule has 5 nitrogen and oxygen atoms in total. The van der Waals surface area contributed by atoms with Gasteiger partial charge in [-0.1, -0.05) is 0 Å². The number of rotatable bonds is 10. The third-order valence-electron chi connectivity index (χ3n) is 2.05. The fourth-order valence-electron chi connectivity index (χ4n) is 1.55. The van der Waals surface area contributed by atoms with Crippen LogP contribution in [0.3, 0.4) is 0 Å². The average Bonchev–Trinajstić information content (AvgIpc) is 2.26. The van der Waals surface area contributed by atoms with Crippen molar-refractivity contribution in [1.82, 2.24) is 0 Å². The lowest BCUT2D eigenvalue weighted by atomic mass is 10.5. The van der Waals surface area contributed by atoms with E-state index in [0.717, 1.165) is 12.5 Å². The first-order valence-corrected chi connectivity index (χ1v) is 7.75. The molecule has 0 N–H and O–H groups in total. The van der Waals surface area contributed by atoms with Crippen molar-refractivity contribution in [2.75, 3.05) is 33.2 Å². The second-order valence-corrected chi connectivity index (χ2v) is 6.44. The van der Waals surface area contributed by atoms with Crippen LogP contribution in [0.4, 0.5) is 0 Å². The number of ether oxygens (including phenoxy) is 2. The summed E-state index contributed by atoms with van der Waals surface area (Å²) in [5, 5.41) is 8.26. The van der Waals surface area contributed by atoms with Gasteiger partial charge in [-0.2, -0.15) is 5.26 Å². The summed E-state index contributed by atoms with van der Waals surface area (Å²) >= 11 is 0. The Hall–Kier alpha value is -0.613. The molecule has 0 saturated carbocycles. The molecule has 0 aliphatic heterocycles. The lowest BCUT2D eigenvalue weighted by Gasteiger charge is -2.29. The zero-order valence-electron chi connectivity index (χ0n) is 10.3. The molecule has 0 aliphatic rings. The van der Waals surface area contributed by atoms with E-state index in [0.29, 0.717) is 26.1 Å². The Morgan fingerprint density at radius 2 is 1.81 bits per heavy atom. The van der Waals surface area contributed by atoms with Crippen LogP contribution in [0.15, 0.2) is 0 Å². The highest BCUT2D eigenvalue weighted by Crippen LogP contribution is 2.16. The monoisotopic (exact) mass is 247 g/mol. The van der Waals surface area contributed by atoms with Crippen molar-refractivity contribution in [3.8, 4) is 6.26 Å². The summed E-state index contributed by atoms with van der Waals surface area (Å²) in [6.45, 7) is 5.54. The summed E-state index contributed by atoms with van der Waals surface area (Å²) in [7, 11) is -0.613. The third kappa shape index (κ3) is 6.08. The molecular weight excluding hydrogens is 226 g/mol. The first kappa shape index (κ1) is 15.4. The molecule has 0 fully saturated rings. The first-order valence-electron chi connectivity index (χ1n) is 5.52. The molecule has 6 heteroatoms. The molecule has 0 aromatic heterocycles. The lowest BCUT2D eigenvalue weighted by Crippen LogP contribution is -2.47. The summed E-state index contributed by atoms with van der Waals surface area (Å²) < 4.78 is 21.3. The van der Waals surface area contributed by atoms with Gasteiger partial charge in [0.25, 0.3) is 6.26 Å². The fourth-order valence-corrected chi connectivity index (χ4v) is 4.40. The maximum absolute atomic E-state index is 8.26. The standard InChI is InChI=1S/C10H21NO4Si/c1-4-14-16(10-12-3,15-5-2)8-6-7-13-9-11/h4-8,10H2,1-3H3. The maximum atomic E-state index is 8.26. The third-order valence-corrected chi connectivity index (χ3v) is 5.52. The largest absolute Gasteiger partial charge is 0.428 e. The minimum absolute atomic E-state index is 0.412. The number of hydrogen-bond donors (Lipinski definition) is 0. The molecule has 0 rings (SSSR count). The van der Waals surface area contributed by atoms with Crippen molar-refractivity contribution in [3.63, 3.8) is 0 Å². The first-order chi connectivity index (χ1) is 7.74. The van der Waals surface area contributed by atoms with Gasteiger partial charge in [0.1, 0.15) is 6.61 Å². The van der Waals surface area contributed by atoms with E-state index in [9.17, 15) is 0 Å². The maximum Gasteiger partial charge on any atom is 0.364 e. The number of methoxy groups -OCH3 is 1. The molecule has 0 unspecified atom stereocenters. The van der Waals surface area contributed by atoms with Crippen LogP contribution < -0.4 is 0 Å². The van der Waals surface area contributed by atoms with Gasteiger partial charge in [-0.25, -0.2) is 0 Å². The zero-order valence-corrected chi connectivity index (χ0v) is 11.3. The molecule has 0 saturated heterocycles. The van der Waals surface area contributed by atoms with Crippen molar-refractivity contribution < 1.29 is 18.3 Å². The molecule has 0 spiro atoms. The smallest absolute Gasteiger partial charge is 0.364 e. The van der Waals surface area contributed by atoms with E-state index < -0.39 is 8.56 Å². The predicted octanol–water partition coefficient (Wildman–Crippen LogP) is 1.57. The number of nitrogens with zero attached hydrogens (tertiary/aromatic N) is 1. The van der Waals surface area contributed by atoms with Crippen LogP contribution >= 0.6 is 0 Å². The Labute approximate surface area is 98.5 Å².